The molecule has 0 saturated carbocycles. The standard InChI is InChI=1S/C11H12O3/c1-9(11(12)13)14-8-7-10-5-3-2-4-6-10/h2-6H,1,7-8H2,(H,12,13). The Balaban J connectivity index is 2.29. The molecule has 0 aromatic heterocycles. The third-order valence-corrected chi connectivity index (χ3v) is 1.75. The molecule has 1 aromatic rings. The molecule has 1 N–H and O–H groups in total. The largest absolute Gasteiger partial charge is 0.487 e. The van der Waals surface area contributed by atoms with E-state index in [2.05, 4.69) is 6.58 Å². The van der Waals surface area contributed by atoms with Crippen molar-refractivity contribution in [1.82, 2.24) is 0 Å². The number of carbonyl (C=O) groups is 1. The van der Waals surface area contributed by atoms with E-state index in [9.17, 15) is 4.79 Å². The Labute approximate surface area is 82.6 Å². The van der Waals surface area contributed by atoms with Gasteiger partial charge >= 0.3 is 5.97 Å². The molecule has 74 valence electrons. The lowest BCUT2D eigenvalue weighted by Crippen LogP contribution is -2.06. The predicted octanol–water partition coefficient (Wildman–Crippen LogP) is 1.84. The first-order valence-corrected chi connectivity index (χ1v) is 4.29. The fourth-order valence-corrected chi connectivity index (χ4v) is 0.998. The van der Waals surface area contributed by atoms with Gasteiger partial charge < -0.3 is 9.84 Å². The molecule has 0 aliphatic carbocycles. The van der Waals surface area contributed by atoms with Crippen LogP contribution in [0.15, 0.2) is 42.7 Å². The first kappa shape index (κ1) is 10.3. The molecular weight excluding hydrogens is 180 g/mol. The molecule has 0 spiro atoms. The summed E-state index contributed by atoms with van der Waals surface area (Å²) in [5.74, 6) is -1.32. The van der Waals surface area contributed by atoms with Crippen molar-refractivity contribution in [2.75, 3.05) is 6.61 Å². The molecule has 0 aliphatic rings. The van der Waals surface area contributed by atoms with Crippen molar-refractivity contribution in [3.8, 4) is 0 Å². The summed E-state index contributed by atoms with van der Waals surface area (Å²) in [5, 5.41) is 8.45. The molecule has 0 heterocycles. The second-order valence-electron chi connectivity index (χ2n) is 2.81. The van der Waals surface area contributed by atoms with E-state index in [0.29, 0.717) is 13.0 Å². The third kappa shape index (κ3) is 3.31. The Morgan fingerprint density at radius 3 is 2.57 bits per heavy atom. The molecule has 1 rings (SSSR count). The molecule has 3 nitrogen and oxygen atoms in total. The maximum atomic E-state index is 10.3. The van der Waals surface area contributed by atoms with E-state index in [1.807, 2.05) is 30.3 Å². The van der Waals surface area contributed by atoms with Gasteiger partial charge in [0, 0.05) is 6.42 Å². The average molecular weight is 192 g/mol. The molecule has 0 unspecified atom stereocenters. The summed E-state index contributed by atoms with van der Waals surface area (Å²) in [6, 6.07) is 9.73. The quantitative estimate of drug-likeness (QED) is 0.572. The average Bonchev–Trinajstić information content (AvgIpc) is 2.19. The van der Waals surface area contributed by atoms with Crippen LogP contribution in [0.25, 0.3) is 0 Å². The first-order valence-electron chi connectivity index (χ1n) is 4.29. The van der Waals surface area contributed by atoms with Gasteiger partial charge in [-0.25, -0.2) is 4.79 Å². The Hall–Kier alpha value is -1.77. The third-order valence-electron chi connectivity index (χ3n) is 1.75. The highest BCUT2D eigenvalue weighted by molar-refractivity contribution is 5.83. The zero-order valence-corrected chi connectivity index (χ0v) is 7.77. The van der Waals surface area contributed by atoms with Gasteiger partial charge in [0.15, 0.2) is 5.76 Å². The minimum atomic E-state index is -1.11. The molecular formula is C11H12O3. The number of carboxylic acids is 1. The summed E-state index contributed by atoms with van der Waals surface area (Å²) >= 11 is 0. The Bertz CT molecular complexity index is 317. The fourth-order valence-electron chi connectivity index (χ4n) is 0.998. The summed E-state index contributed by atoms with van der Waals surface area (Å²) in [4.78, 5) is 10.3. The zero-order valence-electron chi connectivity index (χ0n) is 7.77. The molecule has 14 heavy (non-hydrogen) atoms. The van der Waals surface area contributed by atoms with Crippen molar-refractivity contribution in [3.05, 3.63) is 48.2 Å². The number of hydrogen-bond acceptors (Lipinski definition) is 2. The van der Waals surface area contributed by atoms with Gasteiger partial charge in [-0.05, 0) is 12.1 Å². The van der Waals surface area contributed by atoms with Crippen molar-refractivity contribution < 1.29 is 14.6 Å². The van der Waals surface area contributed by atoms with Crippen LogP contribution in [0.3, 0.4) is 0 Å². The van der Waals surface area contributed by atoms with Gasteiger partial charge in [-0.15, -0.1) is 0 Å². The lowest BCUT2D eigenvalue weighted by atomic mass is 10.2. The highest BCUT2D eigenvalue weighted by Crippen LogP contribution is 2.01. The van der Waals surface area contributed by atoms with Gasteiger partial charge in [0.25, 0.3) is 0 Å². The minimum Gasteiger partial charge on any atom is -0.487 e. The second-order valence-corrected chi connectivity index (χ2v) is 2.81. The predicted molar refractivity (Wildman–Crippen MR) is 52.9 cm³/mol. The number of ether oxygens (including phenoxy) is 1. The van der Waals surface area contributed by atoms with Gasteiger partial charge in [-0.3, -0.25) is 0 Å². The van der Waals surface area contributed by atoms with E-state index in [0.717, 1.165) is 5.56 Å². The molecule has 0 saturated heterocycles. The maximum absolute atomic E-state index is 10.3. The first-order chi connectivity index (χ1) is 6.70. The number of carboxylic acid groups (broad SMARTS) is 1. The lowest BCUT2D eigenvalue weighted by molar-refractivity contribution is -0.136. The van der Waals surface area contributed by atoms with Gasteiger partial charge in [0.05, 0.1) is 6.61 Å². The summed E-state index contributed by atoms with van der Waals surface area (Å²) < 4.78 is 4.91. The summed E-state index contributed by atoms with van der Waals surface area (Å²) in [6.07, 6.45) is 0.688. The molecule has 3 heteroatoms. The van der Waals surface area contributed by atoms with Crippen LogP contribution in [0.4, 0.5) is 0 Å². The van der Waals surface area contributed by atoms with Gasteiger partial charge in [-0.2, -0.15) is 0 Å². The topological polar surface area (TPSA) is 46.5 Å². The summed E-state index contributed by atoms with van der Waals surface area (Å²) in [6.45, 7) is 3.61. The van der Waals surface area contributed by atoms with Crippen LogP contribution in [0.1, 0.15) is 5.56 Å². The van der Waals surface area contributed by atoms with E-state index in [4.69, 9.17) is 9.84 Å². The Morgan fingerprint density at radius 2 is 2.00 bits per heavy atom. The molecule has 0 bridgehead atoms. The molecule has 0 amide bonds. The van der Waals surface area contributed by atoms with E-state index in [1.165, 1.54) is 0 Å². The molecule has 0 fully saturated rings. The fraction of sp³-hybridized carbons (Fsp3) is 0.182. The monoisotopic (exact) mass is 192 g/mol. The van der Waals surface area contributed by atoms with E-state index < -0.39 is 5.97 Å². The molecule has 0 aliphatic heterocycles. The normalized spacial score (nSPS) is 9.43. The van der Waals surface area contributed by atoms with Crippen LogP contribution < -0.4 is 0 Å². The summed E-state index contributed by atoms with van der Waals surface area (Å²) in [7, 11) is 0. The SMILES string of the molecule is C=C(OCCc1ccccc1)C(=O)O. The van der Waals surface area contributed by atoms with Crippen molar-refractivity contribution in [3.63, 3.8) is 0 Å². The van der Waals surface area contributed by atoms with Crippen LogP contribution in [-0.2, 0) is 16.0 Å². The molecule has 1 aromatic carbocycles. The van der Waals surface area contributed by atoms with Gasteiger partial charge in [0.2, 0.25) is 0 Å². The highest BCUT2D eigenvalue weighted by Gasteiger charge is 2.03. The Kier molecular flexibility index (Phi) is 3.73. The van der Waals surface area contributed by atoms with Crippen molar-refractivity contribution in [2.45, 2.75) is 6.42 Å². The van der Waals surface area contributed by atoms with Gasteiger partial charge in [0.1, 0.15) is 0 Å². The zero-order chi connectivity index (χ0) is 10.4. The van der Waals surface area contributed by atoms with Crippen LogP contribution >= 0.6 is 0 Å². The van der Waals surface area contributed by atoms with Gasteiger partial charge in [-0.1, -0.05) is 30.3 Å². The lowest BCUT2D eigenvalue weighted by Gasteiger charge is -2.04. The van der Waals surface area contributed by atoms with Crippen molar-refractivity contribution >= 4 is 5.97 Å². The number of rotatable bonds is 5. The van der Waals surface area contributed by atoms with E-state index in [-0.39, 0.29) is 5.76 Å². The van der Waals surface area contributed by atoms with Crippen LogP contribution in [-0.4, -0.2) is 17.7 Å². The second kappa shape index (κ2) is 5.07. The van der Waals surface area contributed by atoms with E-state index >= 15 is 0 Å². The van der Waals surface area contributed by atoms with Crippen molar-refractivity contribution in [1.29, 1.82) is 0 Å². The summed E-state index contributed by atoms with van der Waals surface area (Å²) in [5.41, 5.74) is 1.12. The van der Waals surface area contributed by atoms with Crippen molar-refractivity contribution in [2.24, 2.45) is 0 Å². The maximum Gasteiger partial charge on any atom is 0.370 e. The molecule has 0 atom stereocenters. The number of hydrogen-bond donors (Lipinski definition) is 1. The van der Waals surface area contributed by atoms with E-state index in [1.54, 1.807) is 0 Å². The van der Waals surface area contributed by atoms with Crippen LogP contribution in [0.5, 0.6) is 0 Å². The minimum absolute atomic E-state index is 0.207. The van der Waals surface area contributed by atoms with Crippen LogP contribution in [0.2, 0.25) is 0 Å². The highest BCUT2D eigenvalue weighted by atomic mass is 16.5. The number of aliphatic carboxylic acids is 1. The molecule has 0 radical (unpaired) electrons. The Morgan fingerprint density at radius 1 is 1.36 bits per heavy atom. The number of benzene rings is 1. The van der Waals surface area contributed by atoms with Crippen LogP contribution in [0, 0.1) is 0 Å². The smallest absolute Gasteiger partial charge is 0.370 e.